The number of halogens is 1. The number of thiophene rings is 1. The fourth-order valence-corrected chi connectivity index (χ4v) is 4.52. The van der Waals surface area contributed by atoms with E-state index in [0.29, 0.717) is 29.5 Å². The highest BCUT2D eigenvalue weighted by Gasteiger charge is 2.27. The van der Waals surface area contributed by atoms with Crippen molar-refractivity contribution in [2.45, 2.75) is 38.7 Å². The molecule has 29 heavy (non-hydrogen) atoms. The van der Waals surface area contributed by atoms with Crippen LogP contribution in [0, 0.1) is 5.82 Å². The smallest absolute Gasteiger partial charge is 0.265 e. The molecule has 0 fully saturated rings. The zero-order valence-electron chi connectivity index (χ0n) is 16.5. The van der Waals surface area contributed by atoms with Gasteiger partial charge in [-0.15, -0.1) is 11.3 Å². The molecule has 0 saturated heterocycles. The van der Waals surface area contributed by atoms with Gasteiger partial charge in [0.15, 0.2) is 6.10 Å². The van der Waals surface area contributed by atoms with Gasteiger partial charge in [0.25, 0.3) is 11.8 Å². The highest BCUT2D eigenvalue weighted by Crippen LogP contribution is 2.38. The summed E-state index contributed by atoms with van der Waals surface area (Å²) in [6, 6.07) is 5.49. The van der Waals surface area contributed by atoms with Crippen LogP contribution in [0.1, 0.15) is 40.6 Å². The zero-order chi connectivity index (χ0) is 20.8. The standard InChI is InChI=1S/C21H25FN2O4S/c1-13(28-15-9-7-14(22)8-10-15)19(25)24-21-18(20(26)23-11-12-27-2)16-5-3-4-6-17(16)29-21/h7-10,13H,3-6,11-12H2,1-2H3,(H,23,26)(H,24,25). The van der Waals surface area contributed by atoms with Gasteiger partial charge < -0.3 is 20.1 Å². The average molecular weight is 421 g/mol. The molecule has 1 aliphatic rings. The van der Waals surface area contributed by atoms with Gasteiger partial charge in [0.2, 0.25) is 0 Å². The summed E-state index contributed by atoms with van der Waals surface area (Å²) >= 11 is 1.45. The molecule has 156 valence electrons. The lowest BCUT2D eigenvalue weighted by molar-refractivity contribution is -0.122. The molecule has 1 atom stereocenters. The van der Waals surface area contributed by atoms with Crippen LogP contribution in [0.4, 0.5) is 9.39 Å². The van der Waals surface area contributed by atoms with Crippen molar-refractivity contribution < 1.29 is 23.5 Å². The van der Waals surface area contributed by atoms with Gasteiger partial charge >= 0.3 is 0 Å². The number of methoxy groups -OCH3 is 1. The number of carbonyl (C=O) groups excluding carboxylic acids is 2. The highest BCUT2D eigenvalue weighted by atomic mass is 32.1. The van der Waals surface area contributed by atoms with Gasteiger partial charge in [-0.25, -0.2) is 4.39 Å². The van der Waals surface area contributed by atoms with Gasteiger partial charge in [-0.05, 0) is 62.4 Å². The molecular formula is C21H25FN2O4S. The highest BCUT2D eigenvalue weighted by molar-refractivity contribution is 7.17. The molecule has 1 aromatic carbocycles. The first kappa shape index (κ1) is 21.3. The fourth-order valence-electron chi connectivity index (χ4n) is 3.23. The van der Waals surface area contributed by atoms with Crippen molar-refractivity contribution in [1.29, 1.82) is 0 Å². The number of hydrogen-bond acceptors (Lipinski definition) is 5. The summed E-state index contributed by atoms with van der Waals surface area (Å²) in [5, 5.41) is 6.26. The van der Waals surface area contributed by atoms with E-state index < -0.39 is 6.10 Å². The predicted octanol–water partition coefficient (Wildman–Crippen LogP) is 3.55. The van der Waals surface area contributed by atoms with Crippen LogP contribution >= 0.6 is 11.3 Å². The first-order valence-corrected chi connectivity index (χ1v) is 10.5. The Labute approximate surface area is 173 Å². The minimum atomic E-state index is -0.802. The summed E-state index contributed by atoms with van der Waals surface area (Å²) < 4.78 is 23.6. The molecule has 2 aromatic rings. The Morgan fingerprint density at radius 1 is 1.21 bits per heavy atom. The number of anilines is 1. The summed E-state index contributed by atoms with van der Waals surface area (Å²) in [5.41, 5.74) is 1.57. The van der Waals surface area contributed by atoms with Gasteiger partial charge in [-0.3, -0.25) is 9.59 Å². The Kier molecular flexibility index (Phi) is 7.22. The van der Waals surface area contributed by atoms with E-state index in [9.17, 15) is 14.0 Å². The average Bonchev–Trinajstić information content (AvgIpc) is 3.07. The van der Waals surface area contributed by atoms with E-state index in [-0.39, 0.29) is 17.6 Å². The van der Waals surface area contributed by atoms with E-state index in [2.05, 4.69) is 10.6 Å². The second-order valence-electron chi connectivity index (χ2n) is 6.87. The lowest BCUT2D eigenvalue weighted by Crippen LogP contribution is -2.32. The van der Waals surface area contributed by atoms with E-state index in [1.54, 1.807) is 14.0 Å². The fraction of sp³-hybridized carbons (Fsp3) is 0.429. The summed E-state index contributed by atoms with van der Waals surface area (Å²) in [7, 11) is 1.58. The molecule has 0 aliphatic heterocycles. The normalized spacial score (nSPS) is 14.0. The van der Waals surface area contributed by atoms with Crippen molar-refractivity contribution in [3.63, 3.8) is 0 Å². The topological polar surface area (TPSA) is 76.7 Å². The molecule has 8 heteroatoms. The molecule has 0 radical (unpaired) electrons. The molecule has 3 rings (SSSR count). The number of aryl methyl sites for hydroxylation is 1. The van der Waals surface area contributed by atoms with Gasteiger partial charge in [0, 0.05) is 18.5 Å². The monoisotopic (exact) mass is 420 g/mol. The quantitative estimate of drug-likeness (QED) is 0.641. The number of hydrogen-bond donors (Lipinski definition) is 2. The van der Waals surface area contributed by atoms with E-state index in [0.717, 1.165) is 36.1 Å². The SMILES string of the molecule is COCCNC(=O)c1c(NC(=O)C(C)Oc2ccc(F)cc2)sc2c1CCCC2. The Hall–Kier alpha value is -2.45. The van der Waals surface area contributed by atoms with Crippen LogP contribution in [0.2, 0.25) is 0 Å². The number of amides is 2. The third-order valence-corrected chi connectivity index (χ3v) is 5.93. The third-order valence-electron chi connectivity index (χ3n) is 4.72. The minimum absolute atomic E-state index is 0.205. The van der Waals surface area contributed by atoms with Crippen molar-refractivity contribution in [2.24, 2.45) is 0 Å². The van der Waals surface area contributed by atoms with E-state index in [1.807, 2.05) is 0 Å². The van der Waals surface area contributed by atoms with Gasteiger partial charge in [0.05, 0.1) is 12.2 Å². The number of carbonyl (C=O) groups is 2. The molecular weight excluding hydrogens is 395 g/mol. The molecule has 1 unspecified atom stereocenters. The molecule has 2 N–H and O–H groups in total. The maximum absolute atomic E-state index is 13.0. The van der Waals surface area contributed by atoms with E-state index in [1.165, 1.54) is 35.6 Å². The molecule has 6 nitrogen and oxygen atoms in total. The van der Waals surface area contributed by atoms with Crippen LogP contribution < -0.4 is 15.4 Å². The second kappa shape index (κ2) is 9.84. The third kappa shape index (κ3) is 5.33. The number of ether oxygens (including phenoxy) is 2. The first-order chi connectivity index (χ1) is 14.0. The summed E-state index contributed by atoms with van der Waals surface area (Å²) in [6.45, 7) is 2.43. The van der Waals surface area contributed by atoms with Crippen molar-refractivity contribution in [3.05, 3.63) is 46.1 Å². The Balaban J connectivity index is 1.74. The van der Waals surface area contributed by atoms with E-state index >= 15 is 0 Å². The van der Waals surface area contributed by atoms with Crippen LogP contribution in [0.5, 0.6) is 5.75 Å². The molecule has 0 saturated carbocycles. The molecule has 1 aliphatic carbocycles. The Morgan fingerprint density at radius 3 is 2.66 bits per heavy atom. The Bertz CT molecular complexity index is 866. The van der Waals surface area contributed by atoms with Crippen molar-refractivity contribution >= 4 is 28.2 Å². The van der Waals surface area contributed by atoms with Gasteiger partial charge in [0.1, 0.15) is 16.6 Å². The largest absolute Gasteiger partial charge is 0.481 e. The van der Waals surface area contributed by atoms with E-state index in [4.69, 9.17) is 9.47 Å². The molecule has 0 bridgehead atoms. The first-order valence-electron chi connectivity index (χ1n) is 9.64. The zero-order valence-corrected chi connectivity index (χ0v) is 17.4. The van der Waals surface area contributed by atoms with Gasteiger partial charge in [-0.1, -0.05) is 0 Å². The summed E-state index contributed by atoms with van der Waals surface area (Å²) in [4.78, 5) is 26.6. The number of benzene rings is 1. The lowest BCUT2D eigenvalue weighted by Gasteiger charge is -2.15. The number of rotatable bonds is 8. The Morgan fingerprint density at radius 2 is 1.93 bits per heavy atom. The second-order valence-corrected chi connectivity index (χ2v) is 7.97. The predicted molar refractivity (Wildman–Crippen MR) is 110 cm³/mol. The maximum Gasteiger partial charge on any atom is 0.265 e. The van der Waals surface area contributed by atoms with Crippen LogP contribution in [-0.2, 0) is 22.4 Å². The van der Waals surface area contributed by atoms with Crippen molar-refractivity contribution in [1.82, 2.24) is 5.32 Å². The number of fused-ring (bicyclic) bond motifs is 1. The van der Waals surface area contributed by atoms with Crippen molar-refractivity contribution in [2.75, 3.05) is 25.6 Å². The molecule has 2 amide bonds. The minimum Gasteiger partial charge on any atom is -0.481 e. The van der Waals surface area contributed by atoms with Crippen molar-refractivity contribution in [3.8, 4) is 5.75 Å². The van der Waals surface area contributed by atoms with Crippen LogP contribution in [-0.4, -0.2) is 38.2 Å². The van der Waals surface area contributed by atoms with Crippen LogP contribution in [0.3, 0.4) is 0 Å². The molecule has 0 spiro atoms. The maximum atomic E-state index is 13.0. The molecule has 1 aromatic heterocycles. The van der Waals surface area contributed by atoms with Crippen LogP contribution in [0.15, 0.2) is 24.3 Å². The summed E-state index contributed by atoms with van der Waals surface area (Å²) in [6.07, 6.45) is 3.05. The number of nitrogens with one attached hydrogen (secondary N) is 2. The van der Waals surface area contributed by atoms with Gasteiger partial charge in [-0.2, -0.15) is 0 Å². The molecule has 1 heterocycles. The lowest BCUT2D eigenvalue weighted by atomic mass is 9.95. The van der Waals surface area contributed by atoms with Crippen LogP contribution in [0.25, 0.3) is 0 Å². The summed E-state index contributed by atoms with van der Waals surface area (Å²) in [5.74, 6) is -0.539.